The van der Waals surface area contributed by atoms with E-state index >= 15 is 0 Å². The maximum Gasteiger partial charge on any atom is 1.00 e. The summed E-state index contributed by atoms with van der Waals surface area (Å²) in [5.41, 5.74) is 2.68. The van der Waals surface area contributed by atoms with Gasteiger partial charge in [0.2, 0.25) is 0 Å². The van der Waals surface area contributed by atoms with Gasteiger partial charge in [-0.2, -0.15) is 10.2 Å². The molecule has 0 bridgehead atoms. The summed E-state index contributed by atoms with van der Waals surface area (Å²) in [7, 11) is -4.16. The Morgan fingerprint density at radius 2 is 1.40 bits per heavy atom. The van der Waals surface area contributed by atoms with Gasteiger partial charge in [-0.15, -0.1) is 0 Å². The monoisotopic (exact) mass is 435 g/mol. The van der Waals surface area contributed by atoms with Gasteiger partial charge >= 0.3 is 29.6 Å². The van der Waals surface area contributed by atoms with Crippen molar-refractivity contribution in [2.45, 2.75) is 12.7 Å². The van der Waals surface area contributed by atoms with Crippen LogP contribution in [0.25, 0.3) is 0 Å². The zero-order valence-electron chi connectivity index (χ0n) is 16.9. The molecule has 0 fully saturated rings. The summed E-state index contributed by atoms with van der Waals surface area (Å²) in [4.78, 5) is 12.6. The van der Waals surface area contributed by atoms with Crippen molar-refractivity contribution >= 4 is 24.7 Å². The molecule has 2 unspecified atom stereocenters. The Morgan fingerprint density at radius 3 is 1.93 bits per heavy atom. The van der Waals surface area contributed by atoms with Gasteiger partial charge in [-0.1, -0.05) is 48.5 Å². The van der Waals surface area contributed by atoms with Crippen molar-refractivity contribution < 1.29 is 49.0 Å². The van der Waals surface area contributed by atoms with Crippen molar-refractivity contribution in [1.82, 2.24) is 0 Å². The van der Waals surface area contributed by atoms with Crippen LogP contribution in [-0.2, 0) is 9.09 Å². The first-order valence-corrected chi connectivity index (χ1v) is 10.5. The molecule has 0 heterocycles. The van der Waals surface area contributed by atoms with Crippen LogP contribution in [0.4, 0.5) is 17.1 Å². The third kappa shape index (κ3) is 7.45. The van der Waals surface area contributed by atoms with Crippen LogP contribution in [0.2, 0.25) is 0 Å². The number of anilines is 1. The van der Waals surface area contributed by atoms with E-state index in [1.165, 1.54) is 0 Å². The van der Waals surface area contributed by atoms with Crippen LogP contribution in [0.3, 0.4) is 0 Å². The number of hydrogen-bond donors (Lipinski definition) is 1. The second-order valence-corrected chi connectivity index (χ2v) is 7.85. The standard InChI is InChI=1S/C21H22N3O3P.Na.H2O/c1-2-27-28(25,26)21(17-9-5-3-6-10-17)22-18-13-15-20(16-14-18)24-23-19-11-7-4-8-12-19;;/h3-16,21-22H,2H2,1H3,(H,25,26);;1H2/q;+1;/p-1. The fraction of sp³-hybridized carbons (Fsp3) is 0.143. The van der Waals surface area contributed by atoms with Crippen molar-refractivity contribution in [3.05, 3.63) is 90.5 Å². The first kappa shape index (κ1) is 26.2. The second-order valence-electron chi connectivity index (χ2n) is 6.00. The summed E-state index contributed by atoms with van der Waals surface area (Å²) in [5, 5.41) is 11.4. The fourth-order valence-corrected chi connectivity index (χ4v) is 3.98. The van der Waals surface area contributed by atoms with Gasteiger partial charge in [-0.3, -0.25) is 0 Å². The van der Waals surface area contributed by atoms with Gasteiger partial charge in [0.1, 0.15) is 5.78 Å². The van der Waals surface area contributed by atoms with Gasteiger partial charge < -0.3 is 24.8 Å². The normalized spacial score (nSPS) is 13.5. The van der Waals surface area contributed by atoms with Crippen LogP contribution in [0.15, 0.2) is 95.2 Å². The van der Waals surface area contributed by atoms with Gasteiger partial charge in [-0.25, -0.2) is 0 Å². The van der Waals surface area contributed by atoms with Gasteiger partial charge in [0, 0.05) is 5.69 Å². The quantitative estimate of drug-likeness (QED) is 0.331. The molecular formula is C21H23N3NaO4P. The largest absolute Gasteiger partial charge is 1.00 e. The molecule has 0 saturated heterocycles. The summed E-state index contributed by atoms with van der Waals surface area (Å²) in [5.74, 6) is -0.981. The molecule has 0 aliphatic heterocycles. The van der Waals surface area contributed by atoms with Gasteiger partial charge in [0.05, 0.1) is 18.0 Å². The SMILES string of the molecule is CCOP(=O)([O-])C(Nc1ccc(N=Nc2ccccc2)cc1)c1ccccc1.O.[Na+]. The maximum absolute atomic E-state index is 12.6. The van der Waals surface area contributed by atoms with E-state index in [1.54, 1.807) is 55.5 Å². The molecule has 7 nitrogen and oxygen atoms in total. The van der Waals surface area contributed by atoms with Crippen molar-refractivity contribution in [2.75, 3.05) is 11.9 Å². The van der Waals surface area contributed by atoms with Crippen LogP contribution >= 0.6 is 7.60 Å². The smallest absolute Gasteiger partial charge is 0.777 e. The van der Waals surface area contributed by atoms with Crippen molar-refractivity contribution in [1.29, 1.82) is 0 Å². The van der Waals surface area contributed by atoms with Crippen LogP contribution in [-0.4, -0.2) is 12.1 Å². The Bertz CT molecular complexity index is 957. The molecule has 30 heavy (non-hydrogen) atoms. The predicted octanol–water partition coefficient (Wildman–Crippen LogP) is 1.98. The molecule has 0 aliphatic rings. The number of azo groups is 1. The van der Waals surface area contributed by atoms with Crippen molar-refractivity contribution in [3.63, 3.8) is 0 Å². The molecule has 0 saturated carbocycles. The molecule has 0 aliphatic carbocycles. The molecule has 0 radical (unpaired) electrons. The summed E-state index contributed by atoms with van der Waals surface area (Å²) >= 11 is 0. The van der Waals surface area contributed by atoms with E-state index in [0.717, 1.165) is 5.69 Å². The Kier molecular flexibility index (Phi) is 11.2. The first-order chi connectivity index (χ1) is 13.6. The molecule has 3 N–H and O–H groups in total. The molecule has 3 aromatic carbocycles. The zero-order chi connectivity index (χ0) is 19.8. The number of nitrogens with zero attached hydrogens (tertiary/aromatic N) is 2. The van der Waals surface area contributed by atoms with E-state index in [1.807, 2.05) is 36.4 Å². The van der Waals surface area contributed by atoms with Crippen LogP contribution in [0, 0.1) is 0 Å². The Morgan fingerprint density at radius 1 is 0.900 bits per heavy atom. The van der Waals surface area contributed by atoms with E-state index in [0.29, 0.717) is 16.9 Å². The summed E-state index contributed by atoms with van der Waals surface area (Å²) in [6, 6.07) is 25.4. The number of nitrogens with one attached hydrogen (secondary N) is 1. The molecule has 0 aromatic heterocycles. The van der Waals surface area contributed by atoms with Gasteiger partial charge in [-0.05, 0) is 48.9 Å². The first-order valence-electron chi connectivity index (χ1n) is 8.92. The van der Waals surface area contributed by atoms with Crippen molar-refractivity contribution in [2.24, 2.45) is 10.2 Å². The Labute approximate surface area is 198 Å². The molecule has 9 heteroatoms. The number of hydrogen-bond acceptors (Lipinski definition) is 6. The third-order valence-electron chi connectivity index (χ3n) is 3.95. The number of rotatable bonds is 8. The van der Waals surface area contributed by atoms with Gasteiger partial charge in [0.25, 0.3) is 0 Å². The van der Waals surface area contributed by atoms with Crippen LogP contribution in [0.5, 0.6) is 0 Å². The van der Waals surface area contributed by atoms with Crippen molar-refractivity contribution in [3.8, 4) is 0 Å². The van der Waals surface area contributed by atoms with E-state index < -0.39 is 13.4 Å². The van der Waals surface area contributed by atoms with E-state index in [2.05, 4.69) is 15.5 Å². The summed E-state index contributed by atoms with van der Waals surface area (Å²) in [6.45, 7) is 1.74. The predicted molar refractivity (Wildman–Crippen MR) is 113 cm³/mol. The third-order valence-corrected chi connectivity index (χ3v) is 5.63. The summed E-state index contributed by atoms with van der Waals surface area (Å²) < 4.78 is 17.6. The van der Waals surface area contributed by atoms with E-state index in [4.69, 9.17) is 4.52 Å². The Balaban J connectivity index is 0.00000225. The average molecular weight is 435 g/mol. The molecule has 3 aromatic rings. The minimum Gasteiger partial charge on any atom is -0.777 e. The van der Waals surface area contributed by atoms with Crippen LogP contribution in [0.1, 0.15) is 18.3 Å². The molecule has 0 spiro atoms. The van der Waals surface area contributed by atoms with E-state index in [9.17, 15) is 9.46 Å². The fourth-order valence-electron chi connectivity index (χ4n) is 2.63. The van der Waals surface area contributed by atoms with Crippen LogP contribution < -0.4 is 39.8 Å². The Hall–Kier alpha value is -1.83. The second kappa shape index (κ2) is 12.8. The molecular weight excluding hydrogens is 412 g/mol. The average Bonchev–Trinajstić information content (AvgIpc) is 2.72. The minimum atomic E-state index is -4.16. The molecule has 3 rings (SSSR count). The molecule has 0 amide bonds. The minimum absolute atomic E-state index is 0. The molecule has 2 atom stereocenters. The molecule has 152 valence electrons. The van der Waals surface area contributed by atoms with E-state index in [-0.39, 0.29) is 41.6 Å². The zero-order valence-corrected chi connectivity index (χ0v) is 19.8. The topological polar surface area (TPSA) is 118 Å². The number of benzene rings is 3. The maximum atomic E-state index is 12.6. The van der Waals surface area contributed by atoms with Gasteiger partial charge in [0.15, 0.2) is 7.60 Å². The summed E-state index contributed by atoms with van der Waals surface area (Å²) in [6.07, 6.45) is 0.